The van der Waals surface area contributed by atoms with Gasteiger partial charge in [0.25, 0.3) is 0 Å². The molecule has 2 atom stereocenters. The van der Waals surface area contributed by atoms with Gasteiger partial charge in [0, 0.05) is 0 Å². The standard InChI is InChI=1S/C16H15NO3.ClH/c1-19-11-8-6-10(7-9-11)16-14(17)15(18)12-4-2-3-5-13(12)20-16;/h2-9,14,16H,17H2,1H3;1H. The lowest BCUT2D eigenvalue weighted by Crippen LogP contribution is -2.42. The van der Waals surface area contributed by atoms with E-state index in [1.54, 1.807) is 25.3 Å². The van der Waals surface area contributed by atoms with Crippen LogP contribution in [0.5, 0.6) is 11.5 Å². The minimum Gasteiger partial charge on any atom is -0.497 e. The first kappa shape index (κ1) is 15.4. The number of carbonyl (C=O) groups is 1. The largest absolute Gasteiger partial charge is 0.497 e. The van der Waals surface area contributed by atoms with E-state index in [2.05, 4.69) is 0 Å². The number of hydrogen-bond donors (Lipinski definition) is 1. The molecule has 3 rings (SSSR count). The number of methoxy groups -OCH3 is 1. The molecular weight excluding hydrogens is 290 g/mol. The highest BCUT2D eigenvalue weighted by atomic mass is 35.5. The third-order valence-electron chi connectivity index (χ3n) is 3.48. The second kappa shape index (κ2) is 6.16. The lowest BCUT2D eigenvalue weighted by atomic mass is 9.92. The van der Waals surface area contributed by atoms with Gasteiger partial charge in [0.1, 0.15) is 23.6 Å². The summed E-state index contributed by atoms with van der Waals surface area (Å²) in [5.74, 6) is 1.25. The third-order valence-corrected chi connectivity index (χ3v) is 3.48. The quantitative estimate of drug-likeness (QED) is 0.927. The Bertz CT molecular complexity index is 642. The Morgan fingerprint density at radius 3 is 2.43 bits per heavy atom. The highest BCUT2D eigenvalue weighted by Crippen LogP contribution is 2.34. The van der Waals surface area contributed by atoms with E-state index in [0.29, 0.717) is 11.3 Å². The summed E-state index contributed by atoms with van der Waals surface area (Å²) >= 11 is 0. The first-order valence-corrected chi connectivity index (χ1v) is 6.40. The van der Waals surface area contributed by atoms with Gasteiger partial charge in [-0.25, -0.2) is 0 Å². The normalized spacial score (nSPS) is 20.0. The fourth-order valence-electron chi connectivity index (χ4n) is 2.37. The molecule has 21 heavy (non-hydrogen) atoms. The molecule has 2 aromatic carbocycles. The number of benzene rings is 2. The van der Waals surface area contributed by atoms with Gasteiger partial charge in [-0.15, -0.1) is 12.4 Å². The van der Waals surface area contributed by atoms with Crippen LogP contribution in [0.2, 0.25) is 0 Å². The van der Waals surface area contributed by atoms with E-state index < -0.39 is 12.1 Å². The molecule has 1 heterocycles. The first-order chi connectivity index (χ1) is 9.70. The number of rotatable bonds is 2. The zero-order valence-electron chi connectivity index (χ0n) is 11.5. The van der Waals surface area contributed by atoms with Crippen LogP contribution in [0.1, 0.15) is 22.0 Å². The van der Waals surface area contributed by atoms with Gasteiger partial charge in [0.15, 0.2) is 5.78 Å². The van der Waals surface area contributed by atoms with Crippen molar-refractivity contribution in [1.82, 2.24) is 0 Å². The highest BCUT2D eigenvalue weighted by molar-refractivity contribution is 6.03. The van der Waals surface area contributed by atoms with Gasteiger partial charge in [-0.1, -0.05) is 24.3 Å². The summed E-state index contributed by atoms with van der Waals surface area (Å²) in [5.41, 5.74) is 7.44. The van der Waals surface area contributed by atoms with E-state index in [-0.39, 0.29) is 18.2 Å². The summed E-state index contributed by atoms with van der Waals surface area (Å²) in [4.78, 5) is 12.3. The third kappa shape index (κ3) is 2.73. The zero-order valence-corrected chi connectivity index (χ0v) is 12.3. The van der Waals surface area contributed by atoms with E-state index >= 15 is 0 Å². The highest BCUT2D eigenvalue weighted by Gasteiger charge is 2.35. The SMILES string of the molecule is COc1ccc(C2Oc3ccccc3C(=O)C2N)cc1.Cl. The molecular formula is C16H16ClNO3. The molecule has 0 aromatic heterocycles. The number of Topliss-reactive ketones (excluding diaryl/α,β-unsaturated/α-hetero) is 1. The molecule has 1 aliphatic heterocycles. The maximum Gasteiger partial charge on any atom is 0.187 e. The molecule has 0 fully saturated rings. The summed E-state index contributed by atoms with van der Waals surface area (Å²) in [7, 11) is 1.61. The topological polar surface area (TPSA) is 61.5 Å². The Balaban J connectivity index is 0.00000161. The maximum atomic E-state index is 12.3. The summed E-state index contributed by atoms with van der Waals surface area (Å²) in [6.07, 6.45) is -0.469. The van der Waals surface area contributed by atoms with Crippen LogP contribution in [0.25, 0.3) is 0 Å². The second-order valence-corrected chi connectivity index (χ2v) is 4.70. The minimum atomic E-state index is -0.696. The molecule has 4 nitrogen and oxygen atoms in total. The molecule has 0 spiro atoms. The van der Waals surface area contributed by atoms with Crippen molar-refractivity contribution in [1.29, 1.82) is 0 Å². The lowest BCUT2D eigenvalue weighted by Gasteiger charge is -2.30. The van der Waals surface area contributed by atoms with Crippen molar-refractivity contribution < 1.29 is 14.3 Å². The average Bonchev–Trinajstić information content (AvgIpc) is 2.51. The second-order valence-electron chi connectivity index (χ2n) is 4.70. The van der Waals surface area contributed by atoms with Crippen LogP contribution in [0.3, 0.4) is 0 Å². The molecule has 0 amide bonds. The van der Waals surface area contributed by atoms with Gasteiger partial charge in [-0.2, -0.15) is 0 Å². The molecule has 2 unspecified atom stereocenters. The van der Waals surface area contributed by atoms with Crippen LogP contribution in [-0.2, 0) is 0 Å². The van der Waals surface area contributed by atoms with Crippen molar-refractivity contribution in [2.45, 2.75) is 12.1 Å². The predicted molar refractivity (Wildman–Crippen MR) is 82.4 cm³/mol. The first-order valence-electron chi connectivity index (χ1n) is 6.40. The molecule has 0 saturated carbocycles. The van der Waals surface area contributed by atoms with E-state index in [1.165, 1.54) is 0 Å². The van der Waals surface area contributed by atoms with E-state index in [1.807, 2.05) is 30.3 Å². The average molecular weight is 306 g/mol. The van der Waals surface area contributed by atoms with Gasteiger partial charge >= 0.3 is 0 Å². The lowest BCUT2D eigenvalue weighted by molar-refractivity contribution is 0.0789. The molecule has 5 heteroatoms. The molecule has 0 aliphatic carbocycles. The van der Waals surface area contributed by atoms with Crippen molar-refractivity contribution in [3.05, 3.63) is 59.7 Å². The van der Waals surface area contributed by atoms with Crippen LogP contribution >= 0.6 is 12.4 Å². The number of halogens is 1. The monoisotopic (exact) mass is 305 g/mol. The van der Waals surface area contributed by atoms with Crippen LogP contribution in [0.15, 0.2) is 48.5 Å². The number of fused-ring (bicyclic) bond motifs is 1. The fourth-order valence-corrected chi connectivity index (χ4v) is 2.37. The summed E-state index contributed by atoms with van der Waals surface area (Å²) < 4.78 is 11.0. The Labute approximate surface area is 129 Å². The maximum absolute atomic E-state index is 12.3. The van der Waals surface area contributed by atoms with Gasteiger partial charge in [0.2, 0.25) is 0 Å². The van der Waals surface area contributed by atoms with Crippen molar-refractivity contribution in [2.75, 3.05) is 7.11 Å². The Kier molecular flexibility index (Phi) is 4.50. The van der Waals surface area contributed by atoms with Gasteiger partial charge < -0.3 is 15.2 Å². The fraction of sp³-hybridized carbons (Fsp3) is 0.188. The number of ketones is 1. The minimum absolute atomic E-state index is 0. The molecule has 2 N–H and O–H groups in total. The molecule has 0 radical (unpaired) electrons. The van der Waals surface area contributed by atoms with Crippen molar-refractivity contribution >= 4 is 18.2 Å². The van der Waals surface area contributed by atoms with Gasteiger partial charge in [-0.05, 0) is 29.8 Å². The van der Waals surface area contributed by atoms with Crippen LogP contribution < -0.4 is 15.2 Å². The Morgan fingerprint density at radius 2 is 1.76 bits per heavy atom. The van der Waals surface area contributed by atoms with Crippen molar-refractivity contribution in [3.63, 3.8) is 0 Å². The summed E-state index contributed by atoms with van der Waals surface area (Å²) in [5, 5.41) is 0. The number of para-hydroxylation sites is 1. The van der Waals surface area contributed by atoms with Gasteiger partial charge in [-0.3, -0.25) is 4.79 Å². The number of carbonyl (C=O) groups excluding carboxylic acids is 1. The number of ether oxygens (including phenoxy) is 2. The van der Waals surface area contributed by atoms with E-state index in [4.69, 9.17) is 15.2 Å². The van der Waals surface area contributed by atoms with Gasteiger partial charge in [0.05, 0.1) is 12.7 Å². The smallest absolute Gasteiger partial charge is 0.187 e. The van der Waals surface area contributed by atoms with Crippen LogP contribution in [0.4, 0.5) is 0 Å². The summed E-state index contributed by atoms with van der Waals surface area (Å²) in [6, 6.07) is 13.9. The van der Waals surface area contributed by atoms with Crippen molar-refractivity contribution in [2.24, 2.45) is 5.73 Å². The molecule has 1 aliphatic rings. The predicted octanol–water partition coefficient (Wildman–Crippen LogP) is 2.76. The van der Waals surface area contributed by atoms with E-state index in [0.717, 1.165) is 11.3 Å². The van der Waals surface area contributed by atoms with Crippen molar-refractivity contribution in [3.8, 4) is 11.5 Å². The summed E-state index contributed by atoms with van der Waals surface area (Å²) in [6.45, 7) is 0. The zero-order chi connectivity index (χ0) is 14.1. The van der Waals surface area contributed by atoms with E-state index in [9.17, 15) is 4.79 Å². The molecule has 0 saturated heterocycles. The van der Waals surface area contributed by atoms with Crippen LogP contribution in [-0.4, -0.2) is 18.9 Å². The number of hydrogen-bond acceptors (Lipinski definition) is 4. The van der Waals surface area contributed by atoms with Crippen LogP contribution in [0, 0.1) is 0 Å². The Hall–Kier alpha value is -2.04. The Morgan fingerprint density at radius 1 is 1.10 bits per heavy atom. The molecule has 110 valence electrons. The number of nitrogens with two attached hydrogens (primary N) is 1. The molecule has 0 bridgehead atoms. The molecule has 2 aromatic rings.